The molecule has 1 aromatic heterocycles. The van der Waals surface area contributed by atoms with Gasteiger partial charge in [0.15, 0.2) is 0 Å². The number of rotatable bonds is 9. The number of hydrogen-bond acceptors (Lipinski definition) is 3. The van der Waals surface area contributed by atoms with Gasteiger partial charge in [-0.05, 0) is 48.6 Å². The van der Waals surface area contributed by atoms with Gasteiger partial charge in [0, 0.05) is 23.6 Å². The number of aryl methyl sites for hydroxylation is 1. The van der Waals surface area contributed by atoms with Crippen molar-refractivity contribution in [3.05, 3.63) is 65.9 Å². The Morgan fingerprint density at radius 2 is 1.88 bits per heavy atom. The Bertz CT molecular complexity index is 950. The monoisotopic (exact) mass is 372 g/mol. The lowest BCUT2D eigenvalue weighted by atomic mass is 10.1. The Hall–Kier alpha value is -2.31. The molecule has 2 aromatic carbocycles. The maximum absolute atomic E-state index is 12.2. The summed E-state index contributed by atoms with van der Waals surface area (Å²) in [6, 6.07) is 15.8. The molecule has 0 bridgehead atoms. The van der Waals surface area contributed by atoms with Crippen molar-refractivity contribution in [1.82, 2.24) is 9.71 Å². The summed E-state index contributed by atoms with van der Waals surface area (Å²) in [4.78, 5) is 3.21. The lowest BCUT2D eigenvalue weighted by Gasteiger charge is -2.07. The van der Waals surface area contributed by atoms with E-state index in [2.05, 4.69) is 9.71 Å². The third-order valence-electron chi connectivity index (χ3n) is 4.41. The van der Waals surface area contributed by atoms with Crippen molar-refractivity contribution in [1.29, 1.82) is 0 Å². The molecular formula is C20H24N2O3S. The van der Waals surface area contributed by atoms with Crippen LogP contribution in [-0.2, 0) is 22.9 Å². The Morgan fingerprint density at radius 1 is 1.08 bits per heavy atom. The van der Waals surface area contributed by atoms with Crippen molar-refractivity contribution in [3.8, 4) is 5.75 Å². The van der Waals surface area contributed by atoms with Gasteiger partial charge in [-0.3, -0.25) is 0 Å². The topological polar surface area (TPSA) is 71.2 Å². The highest BCUT2D eigenvalue weighted by atomic mass is 32.2. The molecule has 0 unspecified atom stereocenters. The maximum Gasteiger partial charge on any atom is 0.211 e. The molecule has 0 aliphatic rings. The summed E-state index contributed by atoms with van der Waals surface area (Å²) in [5.74, 6) is 0.934. The fourth-order valence-electron chi connectivity index (χ4n) is 3.02. The fourth-order valence-corrected chi connectivity index (χ4v) is 4.10. The zero-order valence-corrected chi connectivity index (χ0v) is 15.7. The van der Waals surface area contributed by atoms with Gasteiger partial charge in [0.25, 0.3) is 0 Å². The summed E-state index contributed by atoms with van der Waals surface area (Å²) in [5, 5.41) is 1.06. The van der Waals surface area contributed by atoms with E-state index >= 15 is 0 Å². The van der Waals surface area contributed by atoms with Crippen LogP contribution in [-0.4, -0.2) is 32.8 Å². The van der Waals surface area contributed by atoms with E-state index in [9.17, 15) is 8.42 Å². The van der Waals surface area contributed by atoms with Gasteiger partial charge < -0.3 is 9.72 Å². The second-order valence-electron chi connectivity index (χ2n) is 6.28. The van der Waals surface area contributed by atoms with Crippen LogP contribution in [0.4, 0.5) is 0 Å². The van der Waals surface area contributed by atoms with E-state index < -0.39 is 10.0 Å². The molecule has 1 heterocycles. The summed E-state index contributed by atoms with van der Waals surface area (Å²) >= 11 is 0. The minimum atomic E-state index is -3.26. The Morgan fingerprint density at radius 3 is 2.65 bits per heavy atom. The lowest BCUT2D eigenvalue weighted by molar-refractivity contribution is 0.415. The van der Waals surface area contributed by atoms with Gasteiger partial charge in [-0.1, -0.05) is 30.3 Å². The first-order chi connectivity index (χ1) is 12.6. The van der Waals surface area contributed by atoms with Crippen LogP contribution in [0, 0.1) is 0 Å². The predicted octanol–water partition coefficient (Wildman–Crippen LogP) is 3.27. The fraction of sp³-hybridized carbons (Fsp3) is 0.300. The maximum atomic E-state index is 12.2. The number of methoxy groups -OCH3 is 1. The van der Waals surface area contributed by atoms with Crippen molar-refractivity contribution < 1.29 is 13.2 Å². The zero-order chi connectivity index (χ0) is 18.4. The smallest absolute Gasteiger partial charge is 0.211 e. The second kappa shape index (κ2) is 8.38. The lowest BCUT2D eigenvalue weighted by Crippen LogP contribution is -2.28. The molecule has 0 atom stereocenters. The van der Waals surface area contributed by atoms with E-state index in [0.717, 1.165) is 34.2 Å². The van der Waals surface area contributed by atoms with Crippen LogP contribution in [0.2, 0.25) is 0 Å². The Kier molecular flexibility index (Phi) is 5.96. The number of aromatic nitrogens is 1. The molecule has 0 saturated heterocycles. The molecule has 3 rings (SSSR count). The van der Waals surface area contributed by atoms with Gasteiger partial charge in [0.1, 0.15) is 5.75 Å². The van der Waals surface area contributed by atoms with Gasteiger partial charge in [-0.2, -0.15) is 0 Å². The highest BCUT2D eigenvalue weighted by Crippen LogP contribution is 2.23. The molecule has 0 radical (unpaired) electrons. The Balaban J connectivity index is 1.50. The number of hydrogen-bond donors (Lipinski definition) is 2. The minimum absolute atomic E-state index is 0.142. The second-order valence-corrected chi connectivity index (χ2v) is 8.20. The van der Waals surface area contributed by atoms with Crippen LogP contribution in [0.1, 0.15) is 17.5 Å². The van der Waals surface area contributed by atoms with Gasteiger partial charge in [0.05, 0.1) is 12.9 Å². The summed E-state index contributed by atoms with van der Waals surface area (Å²) in [6.07, 6.45) is 3.94. The van der Waals surface area contributed by atoms with Crippen molar-refractivity contribution >= 4 is 20.9 Å². The average molecular weight is 372 g/mol. The normalized spacial score (nSPS) is 11.7. The largest absolute Gasteiger partial charge is 0.497 e. The highest BCUT2D eigenvalue weighted by molar-refractivity contribution is 7.89. The molecule has 0 aliphatic heterocycles. The van der Waals surface area contributed by atoms with E-state index in [1.165, 1.54) is 0 Å². The standard InChI is InChI=1S/C20H24N2O3S/c1-25-18-9-10-20-19(14-18)17(15-21-20)11-12-22-26(23,24)13-5-8-16-6-3-2-4-7-16/h2-4,6-7,9-10,14-15,21-22H,5,8,11-13H2,1H3. The molecular weight excluding hydrogens is 348 g/mol. The van der Waals surface area contributed by atoms with Crippen LogP contribution >= 0.6 is 0 Å². The molecule has 26 heavy (non-hydrogen) atoms. The molecule has 5 nitrogen and oxygen atoms in total. The minimum Gasteiger partial charge on any atom is -0.497 e. The third-order valence-corrected chi connectivity index (χ3v) is 5.88. The SMILES string of the molecule is COc1ccc2[nH]cc(CCNS(=O)(=O)CCCc3ccccc3)c2c1. The number of nitrogens with one attached hydrogen (secondary N) is 2. The first kappa shape index (κ1) is 18.5. The van der Waals surface area contributed by atoms with E-state index in [0.29, 0.717) is 19.4 Å². The zero-order valence-electron chi connectivity index (χ0n) is 14.9. The van der Waals surface area contributed by atoms with E-state index in [-0.39, 0.29) is 5.75 Å². The summed E-state index contributed by atoms with van der Waals surface area (Å²) in [6.45, 7) is 0.387. The number of sulfonamides is 1. The van der Waals surface area contributed by atoms with E-state index in [1.54, 1.807) is 7.11 Å². The van der Waals surface area contributed by atoms with Crippen LogP contribution in [0.15, 0.2) is 54.7 Å². The molecule has 0 fully saturated rings. The summed E-state index contributed by atoms with van der Waals surface area (Å²) < 4.78 is 32.3. The summed E-state index contributed by atoms with van der Waals surface area (Å²) in [5.41, 5.74) is 3.26. The number of benzene rings is 2. The first-order valence-corrected chi connectivity index (χ1v) is 10.4. The van der Waals surface area contributed by atoms with Crippen LogP contribution in [0.5, 0.6) is 5.75 Å². The van der Waals surface area contributed by atoms with Gasteiger partial charge in [-0.25, -0.2) is 13.1 Å². The molecule has 0 saturated carbocycles. The molecule has 0 spiro atoms. The molecule has 3 aromatic rings. The molecule has 138 valence electrons. The van der Waals surface area contributed by atoms with E-state index in [4.69, 9.17) is 4.74 Å². The third kappa shape index (κ3) is 4.86. The van der Waals surface area contributed by atoms with Crippen molar-refractivity contribution in [2.24, 2.45) is 0 Å². The van der Waals surface area contributed by atoms with Gasteiger partial charge in [0.2, 0.25) is 10.0 Å². The molecule has 0 amide bonds. The van der Waals surface area contributed by atoms with Crippen molar-refractivity contribution in [2.45, 2.75) is 19.3 Å². The Labute approximate surface area is 154 Å². The highest BCUT2D eigenvalue weighted by Gasteiger charge is 2.11. The quantitative estimate of drug-likeness (QED) is 0.606. The van der Waals surface area contributed by atoms with E-state index in [1.807, 2.05) is 54.7 Å². The molecule has 2 N–H and O–H groups in total. The summed E-state index contributed by atoms with van der Waals surface area (Å²) in [7, 11) is -1.62. The van der Waals surface area contributed by atoms with Gasteiger partial charge >= 0.3 is 0 Å². The van der Waals surface area contributed by atoms with Crippen molar-refractivity contribution in [2.75, 3.05) is 19.4 Å². The van der Waals surface area contributed by atoms with Crippen LogP contribution in [0.25, 0.3) is 10.9 Å². The van der Waals surface area contributed by atoms with Crippen LogP contribution in [0.3, 0.4) is 0 Å². The van der Waals surface area contributed by atoms with Crippen LogP contribution < -0.4 is 9.46 Å². The first-order valence-electron chi connectivity index (χ1n) is 8.73. The van der Waals surface area contributed by atoms with Crippen molar-refractivity contribution in [3.63, 3.8) is 0 Å². The number of H-pyrrole nitrogens is 1. The number of ether oxygens (including phenoxy) is 1. The molecule has 6 heteroatoms. The number of fused-ring (bicyclic) bond motifs is 1. The molecule has 0 aliphatic carbocycles. The average Bonchev–Trinajstić information content (AvgIpc) is 3.04. The number of aromatic amines is 1. The predicted molar refractivity (Wildman–Crippen MR) is 105 cm³/mol. The van der Waals surface area contributed by atoms with Gasteiger partial charge in [-0.15, -0.1) is 0 Å².